The third-order valence-corrected chi connectivity index (χ3v) is 2.96. The zero-order chi connectivity index (χ0) is 14.1. The van der Waals surface area contributed by atoms with Gasteiger partial charge >= 0.3 is 0 Å². The summed E-state index contributed by atoms with van der Waals surface area (Å²) in [6, 6.07) is 8.03. The highest BCUT2D eigenvalue weighted by Gasteiger charge is 2.15. The smallest absolute Gasteiger partial charge is 0.0716 e. The van der Waals surface area contributed by atoms with Crippen LogP contribution in [-0.4, -0.2) is 25.9 Å². The van der Waals surface area contributed by atoms with E-state index in [4.69, 9.17) is 15.2 Å². The van der Waals surface area contributed by atoms with Crippen molar-refractivity contribution in [3.05, 3.63) is 35.4 Å². The molecule has 0 aliphatic carbocycles. The first kappa shape index (κ1) is 15.7. The molecule has 0 aromatic heterocycles. The van der Waals surface area contributed by atoms with Crippen LogP contribution in [0.3, 0.4) is 0 Å². The summed E-state index contributed by atoms with van der Waals surface area (Å²) in [5.74, 6) is 5.83. The Morgan fingerprint density at radius 3 is 2.47 bits per heavy atom. The van der Waals surface area contributed by atoms with E-state index in [1.54, 1.807) is 7.11 Å². The molecule has 0 heterocycles. The van der Waals surface area contributed by atoms with Crippen molar-refractivity contribution >= 4 is 0 Å². The van der Waals surface area contributed by atoms with E-state index in [0.29, 0.717) is 19.8 Å². The maximum atomic E-state index is 5.64. The van der Waals surface area contributed by atoms with E-state index >= 15 is 0 Å². The van der Waals surface area contributed by atoms with Crippen LogP contribution < -0.4 is 5.73 Å². The van der Waals surface area contributed by atoms with Gasteiger partial charge in [-0.15, -0.1) is 0 Å². The van der Waals surface area contributed by atoms with E-state index in [9.17, 15) is 0 Å². The first-order chi connectivity index (χ1) is 9.07. The van der Waals surface area contributed by atoms with Crippen LogP contribution in [0.1, 0.15) is 31.4 Å². The summed E-state index contributed by atoms with van der Waals surface area (Å²) in [6.07, 6.45) is 0.879. The number of ether oxygens (including phenoxy) is 2. The molecule has 1 aromatic carbocycles. The number of hydrogen-bond donors (Lipinski definition) is 1. The lowest BCUT2D eigenvalue weighted by Crippen LogP contribution is -2.24. The lowest BCUT2D eigenvalue weighted by atomic mass is 10.1. The predicted octanol–water partition coefficient (Wildman–Crippen LogP) is 2.33. The largest absolute Gasteiger partial charge is 0.379 e. The minimum Gasteiger partial charge on any atom is -0.379 e. The molecule has 0 aliphatic rings. The highest BCUT2D eigenvalue weighted by atomic mass is 16.5. The van der Waals surface area contributed by atoms with Crippen molar-refractivity contribution in [1.82, 2.24) is 0 Å². The summed E-state index contributed by atoms with van der Waals surface area (Å²) in [5.41, 5.74) is 7.33. The standard InChI is InChI=1S/C16H23NO2/c1-16(2,18-3)10-12-19-13-15-8-6-14(7-9-15)5-4-11-17/h6-9H,10-13,17H2,1-3H3. The molecule has 0 saturated heterocycles. The Kier molecular flexibility index (Phi) is 6.58. The van der Waals surface area contributed by atoms with E-state index in [2.05, 4.69) is 25.7 Å². The lowest BCUT2D eigenvalue weighted by Gasteiger charge is -2.22. The molecule has 2 N–H and O–H groups in total. The Bertz CT molecular complexity index is 426. The molecule has 0 saturated carbocycles. The molecule has 0 amide bonds. The second kappa shape index (κ2) is 7.96. The fourth-order valence-corrected chi connectivity index (χ4v) is 1.45. The van der Waals surface area contributed by atoms with Crippen molar-refractivity contribution < 1.29 is 9.47 Å². The molecular formula is C16H23NO2. The summed E-state index contributed by atoms with van der Waals surface area (Å²) in [4.78, 5) is 0. The van der Waals surface area contributed by atoms with Crippen molar-refractivity contribution in [2.45, 2.75) is 32.5 Å². The van der Waals surface area contributed by atoms with Gasteiger partial charge in [-0.25, -0.2) is 0 Å². The van der Waals surface area contributed by atoms with Crippen LogP contribution in [0.2, 0.25) is 0 Å². The second-order valence-electron chi connectivity index (χ2n) is 4.97. The average molecular weight is 261 g/mol. The molecule has 0 bridgehead atoms. The molecule has 19 heavy (non-hydrogen) atoms. The lowest BCUT2D eigenvalue weighted by molar-refractivity contribution is -0.0124. The number of rotatable bonds is 6. The summed E-state index contributed by atoms with van der Waals surface area (Å²) >= 11 is 0. The average Bonchev–Trinajstić information content (AvgIpc) is 2.42. The Morgan fingerprint density at radius 1 is 1.21 bits per heavy atom. The summed E-state index contributed by atoms with van der Waals surface area (Å²) < 4.78 is 11.0. The third-order valence-electron chi connectivity index (χ3n) is 2.96. The van der Waals surface area contributed by atoms with Crippen LogP contribution in [0, 0.1) is 11.8 Å². The van der Waals surface area contributed by atoms with Crippen molar-refractivity contribution in [2.75, 3.05) is 20.3 Å². The first-order valence-electron chi connectivity index (χ1n) is 6.48. The van der Waals surface area contributed by atoms with E-state index in [-0.39, 0.29) is 5.60 Å². The van der Waals surface area contributed by atoms with E-state index < -0.39 is 0 Å². The molecule has 1 aromatic rings. The molecule has 3 nitrogen and oxygen atoms in total. The topological polar surface area (TPSA) is 44.5 Å². The molecule has 1 rings (SSSR count). The zero-order valence-electron chi connectivity index (χ0n) is 12.0. The third kappa shape index (κ3) is 6.40. The Morgan fingerprint density at radius 2 is 1.89 bits per heavy atom. The minimum atomic E-state index is -0.123. The van der Waals surface area contributed by atoms with Gasteiger partial charge in [-0.1, -0.05) is 24.0 Å². The van der Waals surface area contributed by atoms with Crippen LogP contribution in [0.25, 0.3) is 0 Å². The fraction of sp³-hybridized carbons (Fsp3) is 0.500. The zero-order valence-corrected chi connectivity index (χ0v) is 12.0. The SMILES string of the molecule is COC(C)(C)CCOCc1ccc(C#CCN)cc1. The first-order valence-corrected chi connectivity index (χ1v) is 6.48. The van der Waals surface area contributed by atoms with Crippen LogP contribution in [-0.2, 0) is 16.1 Å². The Balaban J connectivity index is 2.34. The fourth-order valence-electron chi connectivity index (χ4n) is 1.45. The van der Waals surface area contributed by atoms with Gasteiger partial charge in [0.2, 0.25) is 0 Å². The molecular weight excluding hydrogens is 238 g/mol. The van der Waals surface area contributed by atoms with Crippen LogP contribution >= 0.6 is 0 Å². The summed E-state index contributed by atoms with van der Waals surface area (Å²) in [5, 5.41) is 0. The predicted molar refractivity (Wildman–Crippen MR) is 77.7 cm³/mol. The highest BCUT2D eigenvalue weighted by Crippen LogP contribution is 2.13. The Hall–Kier alpha value is -1.34. The van der Waals surface area contributed by atoms with Gasteiger partial charge in [0.15, 0.2) is 0 Å². The molecule has 0 atom stereocenters. The van der Waals surface area contributed by atoms with Crippen molar-refractivity contribution in [3.63, 3.8) is 0 Å². The molecule has 3 heteroatoms. The number of hydrogen-bond acceptors (Lipinski definition) is 3. The summed E-state index contributed by atoms with van der Waals surface area (Å²) in [6.45, 7) is 5.81. The van der Waals surface area contributed by atoms with Crippen LogP contribution in [0.15, 0.2) is 24.3 Å². The second-order valence-corrected chi connectivity index (χ2v) is 4.97. The number of nitrogens with two attached hydrogens (primary N) is 1. The van der Waals surface area contributed by atoms with Crippen LogP contribution in [0.5, 0.6) is 0 Å². The monoisotopic (exact) mass is 261 g/mol. The maximum absolute atomic E-state index is 5.64. The highest BCUT2D eigenvalue weighted by molar-refractivity contribution is 5.36. The van der Waals surface area contributed by atoms with Crippen molar-refractivity contribution in [3.8, 4) is 11.8 Å². The van der Waals surface area contributed by atoms with Gasteiger partial charge in [-0.05, 0) is 38.0 Å². The van der Waals surface area contributed by atoms with Gasteiger partial charge in [0.1, 0.15) is 0 Å². The van der Waals surface area contributed by atoms with Gasteiger partial charge < -0.3 is 15.2 Å². The van der Waals surface area contributed by atoms with Crippen molar-refractivity contribution in [2.24, 2.45) is 5.73 Å². The molecule has 0 spiro atoms. The normalized spacial score (nSPS) is 10.9. The number of methoxy groups -OCH3 is 1. The van der Waals surface area contributed by atoms with Gasteiger partial charge in [-0.3, -0.25) is 0 Å². The molecule has 0 unspecified atom stereocenters. The maximum Gasteiger partial charge on any atom is 0.0716 e. The molecule has 0 aliphatic heterocycles. The van der Waals surface area contributed by atoms with Gasteiger partial charge in [0.25, 0.3) is 0 Å². The van der Waals surface area contributed by atoms with E-state index in [1.807, 2.05) is 24.3 Å². The van der Waals surface area contributed by atoms with E-state index in [0.717, 1.165) is 17.5 Å². The van der Waals surface area contributed by atoms with E-state index in [1.165, 1.54) is 0 Å². The Labute approximate surface area is 116 Å². The van der Waals surface area contributed by atoms with Gasteiger partial charge in [0.05, 0.1) is 18.8 Å². The summed E-state index contributed by atoms with van der Waals surface area (Å²) in [7, 11) is 1.72. The minimum absolute atomic E-state index is 0.123. The molecule has 104 valence electrons. The molecule has 0 fully saturated rings. The molecule has 0 radical (unpaired) electrons. The van der Waals surface area contributed by atoms with Crippen molar-refractivity contribution in [1.29, 1.82) is 0 Å². The number of benzene rings is 1. The van der Waals surface area contributed by atoms with Crippen LogP contribution in [0.4, 0.5) is 0 Å². The van der Waals surface area contributed by atoms with Gasteiger partial charge in [-0.2, -0.15) is 0 Å². The van der Waals surface area contributed by atoms with Gasteiger partial charge in [0, 0.05) is 19.3 Å². The quantitative estimate of drug-likeness (QED) is 0.631.